The van der Waals surface area contributed by atoms with Gasteiger partial charge in [-0.2, -0.15) is 8.78 Å². The number of nitrogens with one attached hydrogen (secondary N) is 1. The molecule has 140 valence electrons. The number of likely N-dealkylation sites (tertiary alicyclic amines) is 1. The highest BCUT2D eigenvalue weighted by atomic mass is 19.3. The van der Waals surface area contributed by atoms with Crippen LogP contribution in [0.25, 0.3) is 0 Å². The number of hydrogen-bond acceptors (Lipinski definition) is 4. The largest absolute Gasteiger partial charge is 0.435 e. The van der Waals surface area contributed by atoms with Crippen molar-refractivity contribution in [3.8, 4) is 5.75 Å². The van der Waals surface area contributed by atoms with Gasteiger partial charge >= 0.3 is 6.61 Å². The first kappa shape index (κ1) is 19.6. The van der Waals surface area contributed by atoms with Crippen LogP contribution in [0.15, 0.2) is 24.3 Å². The number of carbonyl (C=O) groups is 1. The fourth-order valence-corrected chi connectivity index (χ4v) is 2.91. The number of halogens is 2. The summed E-state index contributed by atoms with van der Waals surface area (Å²) in [4.78, 5) is 14.1. The zero-order chi connectivity index (χ0) is 18.1. The molecule has 5 nitrogen and oxygen atoms in total. The molecular weight excluding hydrogens is 330 g/mol. The van der Waals surface area contributed by atoms with Gasteiger partial charge in [-0.3, -0.25) is 9.69 Å². The molecule has 1 N–H and O–H groups in total. The van der Waals surface area contributed by atoms with E-state index in [9.17, 15) is 13.6 Å². The predicted molar refractivity (Wildman–Crippen MR) is 90.9 cm³/mol. The van der Waals surface area contributed by atoms with Crippen molar-refractivity contribution in [1.82, 2.24) is 10.2 Å². The van der Waals surface area contributed by atoms with Gasteiger partial charge in [0.25, 0.3) is 0 Å². The first-order valence-electron chi connectivity index (χ1n) is 8.71. The molecule has 0 bridgehead atoms. The SMILES string of the molecule is CCOC1CCN(CC(=O)NCCc2ccc(OC(F)F)cc2)CC1. The van der Waals surface area contributed by atoms with Gasteiger partial charge in [-0.1, -0.05) is 12.1 Å². The number of alkyl halides is 2. The van der Waals surface area contributed by atoms with Crippen molar-refractivity contribution in [1.29, 1.82) is 0 Å². The van der Waals surface area contributed by atoms with Crippen LogP contribution in [0.2, 0.25) is 0 Å². The van der Waals surface area contributed by atoms with Gasteiger partial charge in [-0.25, -0.2) is 0 Å². The molecule has 2 rings (SSSR count). The van der Waals surface area contributed by atoms with Crippen LogP contribution in [0.4, 0.5) is 8.78 Å². The first-order chi connectivity index (χ1) is 12.1. The Kier molecular flexibility index (Phi) is 8.08. The average Bonchev–Trinajstić information content (AvgIpc) is 2.58. The van der Waals surface area contributed by atoms with Gasteiger partial charge < -0.3 is 14.8 Å². The Labute approximate surface area is 147 Å². The molecule has 25 heavy (non-hydrogen) atoms. The number of amides is 1. The lowest BCUT2D eigenvalue weighted by Crippen LogP contribution is -2.43. The molecule has 1 saturated heterocycles. The number of carbonyl (C=O) groups excluding carboxylic acids is 1. The van der Waals surface area contributed by atoms with Gasteiger partial charge in [0.05, 0.1) is 12.6 Å². The second-order valence-corrected chi connectivity index (χ2v) is 6.05. The van der Waals surface area contributed by atoms with Crippen molar-refractivity contribution in [2.75, 3.05) is 32.8 Å². The molecule has 7 heteroatoms. The second kappa shape index (κ2) is 10.3. The van der Waals surface area contributed by atoms with E-state index in [1.165, 1.54) is 12.1 Å². The molecule has 0 radical (unpaired) electrons. The molecular formula is C18H26F2N2O3. The number of hydrogen-bond donors (Lipinski definition) is 1. The molecule has 1 aliphatic heterocycles. The molecule has 1 aromatic carbocycles. The van der Waals surface area contributed by atoms with Crippen molar-refractivity contribution in [3.63, 3.8) is 0 Å². The quantitative estimate of drug-likeness (QED) is 0.738. The monoisotopic (exact) mass is 356 g/mol. The summed E-state index contributed by atoms with van der Waals surface area (Å²) in [5.74, 6) is 0.144. The molecule has 1 heterocycles. The summed E-state index contributed by atoms with van der Waals surface area (Å²) < 4.78 is 34.1. The summed E-state index contributed by atoms with van der Waals surface area (Å²) in [6.45, 7) is 2.60. The van der Waals surface area contributed by atoms with Crippen LogP contribution in [0, 0.1) is 0 Å². The smallest absolute Gasteiger partial charge is 0.387 e. The molecule has 0 aromatic heterocycles. The highest BCUT2D eigenvalue weighted by Gasteiger charge is 2.20. The van der Waals surface area contributed by atoms with Crippen LogP contribution in [0.3, 0.4) is 0 Å². The number of nitrogens with zero attached hydrogens (tertiary/aromatic N) is 1. The summed E-state index contributed by atoms with van der Waals surface area (Å²) in [5, 5.41) is 2.90. The molecule has 0 spiro atoms. The molecule has 0 saturated carbocycles. The van der Waals surface area contributed by atoms with Crippen molar-refractivity contribution in [3.05, 3.63) is 29.8 Å². The fourth-order valence-electron chi connectivity index (χ4n) is 2.91. The molecule has 0 aliphatic carbocycles. The van der Waals surface area contributed by atoms with Crippen molar-refractivity contribution >= 4 is 5.91 Å². The minimum absolute atomic E-state index is 0.00696. The number of piperidine rings is 1. The normalized spacial score (nSPS) is 16.2. The van der Waals surface area contributed by atoms with E-state index in [1.807, 2.05) is 6.92 Å². The zero-order valence-corrected chi connectivity index (χ0v) is 14.5. The van der Waals surface area contributed by atoms with E-state index in [0.29, 0.717) is 25.6 Å². The van der Waals surface area contributed by atoms with Crippen LogP contribution in [-0.4, -0.2) is 56.3 Å². The Morgan fingerprint density at radius 2 is 1.96 bits per heavy atom. The van der Waals surface area contributed by atoms with E-state index in [2.05, 4.69) is 15.0 Å². The highest BCUT2D eigenvalue weighted by Crippen LogP contribution is 2.15. The standard InChI is InChI=1S/C18H26F2N2O3/c1-2-24-15-8-11-22(12-9-15)13-17(23)21-10-7-14-3-5-16(6-4-14)25-18(19)20/h3-6,15,18H,2,7-13H2,1H3,(H,21,23). The summed E-state index contributed by atoms with van der Waals surface area (Å²) in [6.07, 6.45) is 2.90. The Balaban J connectivity index is 1.62. The van der Waals surface area contributed by atoms with Crippen LogP contribution >= 0.6 is 0 Å². The lowest BCUT2D eigenvalue weighted by molar-refractivity contribution is -0.122. The Bertz CT molecular complexity index is 518. The van der Waals surface area contributed by atoms with Crippen molar-refractivity contribution in [2.45, 2.75) is 38.9 Å². The summed E-state index contributed by atoms with van der Waals surface area (Å²) in [7, 11) is 0. The molecule has 0 atom stereocenters. The van der Waals surface area contributed by atoms with Gasteiger partial charge in [0.15, 0.2) is 0 Å². The summed E-state index contributed by atoms with van der Waals surface area (Å²) in [5.41, 5.74) is 0.958. The van der Waals surface area contributed by atoms with E-state index < -0.39 is 6.61 Å². The van der Waals surface area contributed by atoms with E-state index >= 15 is 0 Å². The first-order valence-corrected chi connectivity index (χ1v) is 8.71. The van der Waals surface area contributed by atoms with Gasteiger partial charge in [-0.15, -0.1) is 0 Å². The average molecular weight is 356 g/mol. The molecule has 1 aromatic rings. The minimum atomic E-state index is -2.82. The minimum Gasteiger partial charge on any atom is -0.435 e. The van der Waals surface area contributed by atoms with E-state index in [0.717, 1.165) is 38.1 Å². The predicted octanol–water partition coefficient (Wildman–Crippen LogP) is 2.45. The molecule has 1 aliphatic rings. The number of ether oxygens (including phenoxy) is 2. The zero-order valence-electron chi connectivity index (χ0n) is 14.5. The van der Waals surface area contributed by atoms with Crippen molar-refractivity contribution in [2.24, 2.45) is 0 Å². The van der Waals surface area contributed by atoms with Gasteiger partial charge in [0, 0.05) is 26.2 Å². The maximum atomic E-state index is 12.1. The Morgan fingerprint density at radius 3 is 2.56 bits per heavy atom. The molecule has 1 amide bonds. The number of benzene rings is 1. The Hall–Kier alpha value is -1.73. The van der Waals surface area contributed by atoms with Gasteiger partial charge in [0.2, 0.25) is 5.91 Å². The fraction of sp³-hybridized carbons (Fsp3) is 0.611. The molecule has 1 fully saturated rings. The van der Waals surface area contributed by atoms with Gasteiger partial charge in [0.1, 0.15) is 5.75 Å². The Morgan fingerprint density at radius 1 is 1.28 bits per heavy atom. The van der Waals surface area contributed by atoms with Crippen LogP contribution in [-0.2, 0) is 16.0 Å². The maximum Gasteiger partial charge on any atom is 0.387 e. The lowest BCUT2D eigenvalue weighted by Gasteiger charge is -2.31. The number of rotatable bonds is 9. The van der Waals surface area contributed by atoms with Crippen LogP contribution in [0.5, 0.6) is 5.75 Å². The van der Waals surface area contributed by atoms with Gasteiger partial charge in [-0.05, 0) is 43.9 Å². The van der Waals surface area contributed by atoms with E-state index in [-0.39, 0.29) is 11.7 Å². The third-order valence-corrected chi connectivity index (χ3v) is 4.19. The summed E-state index contributed by atoms with van der Waals surface area (Å²) >= 11 is 0. The van der Waals surface area contributed by atoms with Crippen molar-refractivity contribution < 1.29 is 23.0 Å². The van der Waals surface area contributed by atoms with E-state index in [4.69, 9.17) is 4.74 Å². The van der Waals surface area contributed by atoms with Crippen LogP contribution < -0.4 is 10.1 Å². The molecule has 0 unspecified atom stereocenters. The third kappa shape index (κ3) is 7.36. The second-order valence-electron chi connectivity index (χ2n) is 6.05. The van der Waals surface area contributed by atoms with Crippen LogP contribution in [0.1, 0.15) is 25.3 Å². The topological polar surface area (TPSA) is 50.8 Å². The lowest BCUT2D eigenvalue weighted by atomic mass is 10.1. The third-order valence-electron chi connectivity index (χ3n) is 4.19. The van der Waals surface area contributed by atoms with E-state index in [1.54, 1.807) is 12.1 Å². The maximum absolute atomic E-state index is 12.1. The summed E-state index contributed by atoms with van der Waals surface area (Å²) in [6, 6.07) is 6.46. The highest BCUT2D eigenvalue weighted by molar-refractivity contribution is 5.78.